The number of hydrogen-bond acceptors (Lipinski definition) is 4. The molecule has 0 aliphatic rings. The van der Waals surface area contributed by atoms with Gasteiger partial charge in [-0.15, -0.1) is 0 Å². The Labute approximate surface area is 190 Å². The fraction of sp³-hybridized carbons (Fsp3) is 0.148. The zero-order valence-electron chi connectivity index (χ0n) is 18.5. The highest BCUT2D eigenvalue weighted by molar-refractivity contribution is 6.00. The van der Waals surface area contributed by atoms with Gasteiger partial charge in [-0.3, -0.25) is 9.79 Å². The van der Waals surface area contributed by atoms with Crippen LogP contribution in [0.2, 0.25) is 0 Å². The van der Waals surface area contributed by atoms with Gasteiger partial charge < -0.3 is 15.1 Å². The molecule has 0 bridgehead atoms. The summed E-state index contributed by atoms with van der Waals surface area (Å²) in [6.45, 7) is 4.89. The molecule has 2 aromatic heterocycles. The van der Waals surface area contributed by atoms with Crippen molar-refractivity contribution in [3.63, 3.8) is 0 Å². The second-order valence-corrected chi connectivity index (χ2v) is 8.49. The fourth-order valence-electron chi connectivity index (χ4n) is 3.73. The number of aromatic amines is 1. The molecule has 164 valence electrons. The largest absolute Gasteiger partial charge is 0.456 e. The maximum atomic E-state index is 12.8. The monoisotopic (exact) mass is 436 g/mol. The molecular weight excluding hydrogens is 412 g/mol. The van der Waals surface area contributed by atoms with Gasteiger partial charge in [0, 0.05) is 29.3 Å². The van der Waals surface area contributed by atoms with Gasteiger partial charge in [0.05, 0.1) is 16.4 Å². The van der Waals surface area contributed by atoms with Crippen molar-refractivity contribution < 1.29 is 4.42 Å². The number of amidine groups is 1. The summed E-state index contributed by atoms with van der Waals surface area (Å²) in [5.74, 6) is 2.18. The van der Waals surface area contributed by atoms with E-state index < -0.39 is 0 Å². The van der Waals surface area contributed by atoms with Gasteiger partial charge in [-0.05, 0) is 42.3 Å². The van der Waals surface area contributed by atoms with Crippen LogP contribution in [-0.4, -0.2) is 22.3 Å². The van der Waals surface area contributed by atoms with Crippen LogP contribution >= 0.6 is 0 Å². The average molecular weight is 437 g/mol. The Balaban J connectivity index is 1.52. The van der Waals surface area contributed by atoms with Gasteiger partial charge in [-0.2, -0.15) is 0 Å². The zero-order valence-corrected chi connectivity index (χ0v) is 18.5. The van der Waals surface area contributed by atoms with E-state index in [4.69, 9.17) is 15.1 Å². The second-order valence-electron chi connectivity index (χ2n) is 8.49. The van der Waals surface area contributed by atoms with Crippen molar-refractivity contribution in [2.24, 2.45) is 16.6 Å². The molecule has 3 aromatic carbocycles. The Hall–Kier alpha value is -4.19. The Morgan fingerprint density at radius 1 is 1.03 bits per heavy atom. The molecule has 0 aliphatic carbocycles. The molecule has 33 heavy (non-hydrogen) atoms. The maximum Gasteiger partial charge on any atom is 0.193 e. The van der Waals surface area contributed by atoms with Crippen LogP contribution in [0.25, 0.3) is 44.7 Å². The highest BCUT2D eigenvalue weighted by Gasteiger charge is 2.12. The number of aromatic nitrogens is 2. The molecule has 3 N–H and O–H groups in total. The van der Waals surface area contributed by atoms with E-state index >= 15 is 0 Å². The molecule has 5 aromatic rings. The van der Waals surface area contributed by atoms with Gasteiger partial charge in [0.2, 0.25) is 0 Å². The SMILES string of the molecule is CC(C)CN=C(N)c1ccc2nc(-c3ccc4oc(-c5ccccc5)cc(=O)c4c3)[nH]c2c1. The minimum Gasteiger partial charge on any atom is -0.456 e. The van der Waals surface area contributed by atoms with Crippen molar-refractivity contribution in [2.75, 3.05) is 6.54 Å². The molecule has 0 aliphatic heterocycles. The number of hydrogen-bond donors (Lipinski definition) is 2. The summed E-state index contributed by atoms with van der Waals surface area (Å²) in [5, 5.41) is 0.512. The maximum absolute atomic E-state index is 12.8. The molecule has 0 amide bonds. The highest BCUT2D eigenvalue weighted by atomic mass is 16.3. The zero-order chi connectivity index (χ0) is 22.9. The second kappa shape index (κ2) is 8.39. The van der Waals surface area contributed by atoms with Crippen molar-refractivity contribution in [3.8, 4) is 22.7 Å². The van der Waals surface area contributed by atoms with Gasteiger partial charge in [-0.25, -0.2) is 4.98 Å². The van der Waals surface area contributed by atoms with E-state index in [9.17, 15) is 4.79 Å². The van der Waals surface area contributed by atoms with Crippen molar-refractivity contribution >= 4 is 27.8 Å². The van der Waals surface area contributed by atoms with Gasteiger partial charge in [0.1, 0.15) is 23.0 Å². The number of nitrogens with two attached hydrogens (primary N) is 1. The van der Waals surface area contributed by atoms with E-state index in [1.54, 1.807) is 0 Å². The third-order valence-corrected chi connectivity index (χ3v) is 5.46. The number of nitrogens with zero attached hydrogens (tertiary/aromatic N) is 2. The number of aliphatic imine (C=N–C) groups is 1. The quantitative estimate of drug-likeness (QED) is 0.286. The first-order valence-corrected chi connectivity index (χ1v) is 10.9. The number of nitrogens with one attached hydrogen (secondary N) is 1. The van der Waals surface area contributed by atoms with Crippen molar-refractivity contribution in [2.45, 2.75) is 13.8 Å². The Kier molecular flexibility index (Phi) is 5.26. The van der Waals surface area contributed by atoms with E-state index in [0.717, 1.165) is 27.7 Å². The van der Waals surface area contributed by atoms with Gasteiger partial charge in [0.15, 0.2) is 5.43 Å². The summed E-state index contributed by atoms with van der Waals surface area (Å²) in [6, 6.07) is 22.5. The van der Waals surface area contributed by atoms with Crippen LogP contribution in [0, 0.1) is 5.92 Å². The van der Waals surface area contributed by atoms with Crippen LogP contribution in [0.3, 0.4) is 0 Å². The lowest BCUT2D eigenvalue weighted by atomic mass is 10.1. The van der Waals surface area contributed by atoms with Crippen LogP contribution in [0.5, 0.6) is 0 Å². The fourth-order valence-corrected chi connectivity index (χ4v) is 3.73. The molecule has 0 spiro atoms. The first-order chi connectivity index (χ1) is 16.0. The number of rotatable bonds is 5. The van der Waals surface area contributed by atoms with E-state index in [-0.39, 0.29) is 5.43 Å². The van der Waals surface area contributed by atoms with Crippen LogP contribution in [0.15, 0.2) is 87.0 Å². The first-order valence-electron chi connectivity index (χ1n) is 10.9. The lowest BCUT2D eigenvalue weighted by molar-refractivity contribution is 0.619. The van der Waals surface area contributed by atoms with E-state index in [0.29, 0.717) is 40.9 Å². The van der Waals surface area contributed by atoms with Crippen molar-refractivity contribution in [3.05, 3.63) is 88.6 Å². The van der Waals surface area contributed by atoms with E-state index in [1.165, 1.54) is 6.07 Å². The minimum absolute atomic E-state index is 0.0931. The summed E-state index contributed by atoms with van der Waals surface area (Å²) in [4.78, 5) is 25.3. The molecule has 0 fully saturated rings. The van der Waals surface area contributed by atoms with Crippen LogP contribution in [0.4, 0.5) is 0 Å². The summed E-state index contributed by atoms with van der Waals surface area (Å²) >= 11 is 0. The molecule has 0 saturated heterocycles. The molecule has 0 saturated carbocycles. The lowest BCUT2D eigenvalue weighted by Crippen LogP contribution is -2.14. The molecule has 6 nitrogen and oxygen atoms in total. The Morgan fingerprint density at radius 3 is 2.64 bits per heavy atom. The molecule has 6 heteroatoms. The Bertz CT molecular complexity index is 1550. The first kappa shape index (κ1) is 20.7. The third-order valence-electron chi connectivity index (χ3n) is 5.46. The summed E-state index contributed by atoms with van der Waals surface area (Å²) < 4.78 is 6.00. The smallest absolute Gasteiger partial charge is 0.193 e. The van der Waals surface area contributed by atoms with Gasteiger partial charge in [0.25, 0.3) is 0 Å². The molecule has 0 unspecified atom stereocenters. The molecular formula is C27H24N4O2. The average Bonchev–Trinajstić information content (AvgIpc) is 3.26. The van der Waals surface area contributed by atoms with Crippen LogP contribution < -0.4 is 11.2 Å². The number of imidazole rings is 1. The number of H-pyrrole nitrogens is 1. The minimum atomic E-state index is -0.0931. The Morgan fingerprint density at radius 2 is 1.85 bits per heavy atom. The third kappa shape index (κ3) is 4.15. The van der Waals surface area contributed by atoms with Crippen molar-refractivity contribution in [1.82, 2.24) is 9.97 Å². The van der Waals surface area contributed by atoms with Crippen LogP contribution in [0.1, 0.15) is 19.4 Å². The topological polar surface area (TPSA) is 97.3 Å². The summed E-state index contributed by atoms with van der Waals surface area (Å²) in [5.41, 5.74) is 10.8. The predicted molar refractivity (Wildman–Crippen MR) is 133 cm³/mol. The van der Waals surface area contributed by atoms with Gasteiger partial charge in [-0.1, -0.05) is 44.2 Å². The van der Waals surface area contributed by atoms with E-state index in [2.05, 4.69) is 23.8 Å². The van der Waals surface area contributed by atoms with Crippen LogP contribution in [-0.2, 0) is 0 Å². The molecule has 2 heterocycles. The van der Waals surface area contributed by atoms with Crippen molar-refractivity contribution in [1.29, 1.82) is 0 Å². The normalized spacial score (nSPS) is 12.2. The summed E-state index contributed by atoms with van der Waals surface area (Å²) in [7, 11) is 0. The number of fused-ring (bicyclic) bond motifs is 2. The summed E-state index contributed by atoms with van der Waals surface area (Å²) in [6.07, 6.45) is 0. The molecule has 0 atom stereocenters. The predicted octanol–water partition coefficient (Wildman–Crippen LogP) is 5.36. The van der Waals surface area contributed by atoms with Gasteiger partial charge >= 0.3 is 0 Å². The number of benzene rings is 3. The highest BCUT2D eigenvalue weighted by Crippen LogP contribution is 2.27. The van der Waals surface area contributed by atoms with E-state index in [1.807, 2.05) is 66.7 Å². The standard InChI is InChI=1S/C27H24N4O2/c1-16(2)15-29-26(28)18-8-10-21-22(13-18)31-27(30-21)19-9-11-24-20(12-19)23(32)14-25(33-24)17-6-4-3-5-7-17/h3-14,16H,15H2,1-2H3,(H2,28,29)(H,30,31). The molecule has 5 rings (SSSR count). The molecule has 0 radical (unpaired) electrons. The lowest BCUT2D eigenvalue weighted by Gasteiger charge is -2.04.